The summed E-state index contributed by atoms with van der Waals surface area (Å²) in [5.41, 5.74) is 2.67. The van der Waals surface area contributed by atoms with E-state index in [1.807, 2.05) is 26.0 Å². The van der Waals surface area contributed by atoms with Gasteiger partial charge in [0.1, 0.15) is 21.7 Å². The van der Waals surface area contributed by atoms with Crippen LogP contribution in [-0.2, 0) is 9.53 Å². The Balaban J connectivity index is 1.32. The molecule has 0 radical (unpaired) electrons. The van der Waals surface area contributed by atoms with Gasteiger partial charge in [0.25, 0.3) is 0 Å². The Labute approximate surface area is 310 Å². The predicted molar refractivity (Wildman–Crippen MR) is 205 cm³/mol. The Kier molecular flexibility index (Phi) is 13.1. The molecule has 5 rings (SSSR count). The topological polar surface area (TPSA) is 123 Å². The van der Waals surface area contributed by atoms with Crippen LogP contribution in [0.4, 0.5) is 0 Å². The monoisotopic (exact) mass is 738 g/mol. The lowest BCUT2D eigenvalue weighted by Gasteiger charge is -2.10. The first-order chi connectivity index (χ1) is 25.2. The summed E-state index contributed by atoms with van der Waals surface area (Å²) in [6, 6.07) is 16.5. The van der Waals surface area contributed by atoms with Crippen molar-refractivity contribution in [1.29, 1.82) is 0 Å². The van der Waals surface area contributed by atoms with E-state index >= 15 is 0 Å². The third kappa shape index (κ3) is 9.59. The Bertz CT molecular complexity index is 2100. The van der Waals surface area contributed by atoms with Crippen molar-refractivity contribution in [2.24, 2.45) is 0 Å². The lowest BCUT2D eigenvalue weighted by atomic mass is 10.2. The number of allylic oxidation sites excluding steroid dienone is 2. The molecule has 268 valence electrons. The number of fused-ring (bicyclic) bond motifs is 1. The molecule has 10 nitrogen and oxygen atoms in total. The van der Waals surface area contributed by atoms with Gasteiger partial charge in [-0.25, -0.2) is 24.4 Å². The molecular formula is C40H38N2O8S2. The van der Waals surface area contributed by atoms with Crippen LogP contribution in [0.1, 0.15) is 70.8 Å². The van der Waals surface area contributed by atoms with Crippen LogP contribution in [0.5, 0.6) is 23.0 Å². The molecule has 0 bridgehead atoms. The van der Waals surface area contributed by atoms with E-state index in [4.69, 9.17) is 33.7 Å². The Morgan fingerprint density at radius 2 is 1.37 bits per heavy atom. The summed E-state index contributed by atoms with van der Waals surface area (Å²) < 4.78 is 28.3. The first kappa shape index (κ1) is 37.7. The minimum Gasteiger partial charge on any atom is -0.497 e. The average molecular weight is 739 g/mol. The predicted octanol–water partition coefficient (Wildman–Crippen LogP) is 9.60. The number of methoxy groups -OCH3 is 1. The summed E-state index contributed by atoms with van der Waals surface area (Å²) >= 11 is 2.74. The van der Waals surface area contributed by atoms with E-state index in [0.717, 1.165) is 47.9 Å². The maximum absolute atomic E-state index is 13.3. The quantitative estimate of drug-likeness (QED) is 0.0394. The van der Waals surface area contributed by atoms with Crippen molar-refractivity contribution in [3.05, 3.63) is 108 Å². The number of rotatable bonds is 17. The zero-order chi connectivity index (χ0) is 37.0. The lowest BCUT2D eigenvalue weighted by Crippen LogP contribution is -2.10. The molecule has 0 fully saturated rings. The number of nitrogens with zero attached hydrogens (tertiary/aromatic N) is 2. The largest absolute Gasteiger partial charge is 0.497 e. The van der Waals surface area contributed by atoms with Gasteiger partial charge in [-0.05, 0) is 112 Å². The van der Waals surface area contributed by atoms with Crippen LogP contribution in [0.2, 0.25) is 0 Å². The van der Waals surface area contributed by atoms with E-state index in [2.05, 4.69) is 13.2 Å². The van der Waals surface area contributed by atoms with Crippen LogP contribution >= 0.6 is 22.7 Å². The van der Waals surface area contributed by atoms with Crippen molar-refractivity contribution < 1.29 is 38.1 Å². The molecule has 0 aliphatic heterocycles. The number of benzene rings is 3. The van der Waals surface area contributed by atoms with Crippen molar-refractivity contribution in [1.82, 2.24) is 9.97 Å². The molecule has 0 amide bonds. The van der Waals surface area contributed by atoms with E-state index in [1.165, 1.54) is 22.7 Å². The van der Waals surface area contributed by atoms with Crippen LogP contribution in [-0.4, -0.2) is 48.2 Å². The summed E-state index contributed by atoms with van der Waals surface area (Å²) in [5.74, 6) is 0.151. The third-order valence-electron chi connectivity index (χ3n) is 7.56. The molecule has 0 saturated heterocycles. The maximum atomic E-state index is 13.3. The normalized spacial score (nSPS) is 11.0. The molecule has 0 spiro atoms. The number of carbonyl (C=O) groups is 3. The fraction of sp³-hybridized carbons (Fsp3) is 0.225. The van der Waals surface area contributed by atoms with E-state index < -0.39 is 17.9 Å². The molecule has 52 heavy (non-hydrogen) atoms. The van der Waals surface area contributed by atoms with Gasteiger partial charge in [0.15, 0.2) is 21.5 Å². The highest BCUT2D eigenvalue weighted by Crippen LogP contribution is 2.43. The summed E-state index contributed by atoms with van der Waals surface area (Å²) in [4.78, 5) is 48.2. The number of aromatic nitrogens is 2. The molecule has 0 unspecified atom stereocenters. The average Bonchev–Trinajstić information content (AvgIpc) is 3.80. The molecule has 3 aromatic carbocycles. The second kappa shape index (κ2) is 18.1. The van der Waals surface area contributed by atoms with Crippen molar-refractivity contribution in [2.75, 3.05) is 20.3 Å². The second-order valence-electron chi connectivity index (χ2n) is 11.4. The number of ether oxygens (including phenoxy) is 5. The molecule has 0 aliphatic rings. The highest BCUT2D eigenvalue weighted by atomic mass is 32.1. The summed E-state index contributed by atoms with van der Waals surface area (Å²) in [6.07, 6.45) is 8.44. The Morgan fingerprint density at radius 1 is 0.769 bits per heavy atom. The summed E-state index contributed by atoms with van der Waals surface area (Å²) in [6.45, 7) is 12.2. The highest BCUT2D eigenvalue weighted by molar-refractivity contribution is 7.26. The van der Waals surface area contributed by atoms with Gasteiger partial charge in [-0.1, -0.05) is 19.2 Å². The van der Waals surface area contributed by atoms with Crippen LogP contribution in [0.15, 0.2) is 86.0 Å². The van der Waals surface area contributed by atoms with Crippen LogP contribution in [0.3, 0.4) is 0 Å². The molecular weight excluding hydrogens is 701 g/mol. The SMILES string of the molecule is C=CC(=O)OCCCCCCOc1ccc(C(=O)Oc2ccc(OC(=O)c3ccc(OC)cc3)c3nc(-c4nc(/C=C\C)c(C(=C)C)s4)sc23)cc1. The maximum Gasteiger partial charge on any atom is 0.343 e. The van der Waals surface area contributed by atoms with Gasteiger partial charge in [0.2, 0.25) is 0 Å². The Hall–Kier alpha value is -5.59. The molecule has 5 aromatic rings. The minimum absolute atomic E-state index is 0.209. The van der Waals surface area contributed by atoms with E-state index in [-0.39, 0.29) is 11.5 Å². The van der Waals surface area contributed by atoms with Gasteiger partial charge in [0, 0.05) is 6.08 Å². The molecule has 0 atom stereocenters. The summed E-state index contributed by atoms with van der Waals surface area (Å²) in [7, 11) is 1.55. The van der Waals surface area contributed by atoms with Crippen LogP contribution in [0.25, 0.3) is 31.9 Å². The van der Waals surface area contributed by atoms with Crippen LogP contribution in [0, 0.1) is 0 Å². The van der Waals surface area contributed by atoms with Gasteiger partial charge in [0.05, 0.1) is 42.0 Å². The molecule has 12 heteroatoms. The summed E-state index contributed by atoms with van der Waals surface area (Å²) in [5, 5.41) is 1.22. The number of esters is 3. The van der Waals surface area contributed by atoms with Crippen molar-refractivity contribution in [2.45, 2.75) is 39.5 Å². The van der Waals surface area contributed by atoms with E-state index in [0.29, 0.717) is 56.1 Å². The minimum atomic E-state index is -0.578. The molecule has 2 heterocycles. The van der Waals surface area contributed by atoms with Crippen molar-refractivity contribution >= 4 is 62.4 Å². The number of hydrogen-bond acceptors (Lipinski definition) is 12. The zero-order valence-corrected chi connectivity index (χ0v) is 30.8. The third-order valence-corrected chi connectivity index (χ3v) is 10.0. The lowest BCUT2D eigenvalue weighted by molar-refractivity contribution is -0.137. The fourth-order valence-electron chi connectivity index (χ4n) is 4.93. The molecule has 0 aliphatic carbocycles. The number of hydrogen-bond donors (Lipinski definition) is 0. The number of thiazole rings is 2. The van der Waals surface area contributed by atoms with E-state index in [9.17, 15) is 14.4 Å². The molecule has 0 N–H and O–H groups in total. The smallest absolute Gasteiger partial charge is 0.343 e. The first-order valence-electron chi connectivity index (χ1n) is 16.5. The van der Waals surface area contributed by atoms with Crippen molar-refractivity contribution in [3.8, 4) is 33.0 Å². The van der Waals surface area contributed by atoms with Gasteiger partial charge in [-0.2, -0.15) is 0 Å². The van der Waals surface area contributed by atoms with Gasteiger partial charge >= 0.3 is 17.9 Å². The van der Waals surface area contributed by atoms with Gasteiger partial charge in [-0.3, -0.25) is 0 Å². The van der Waals surface area contributed by atoms with Crippen LogP contribution < -0.4 is 18.9 Å². The molecule has 2 aromatic heterocycles. The Morgan fingerprint density at radius 3 is 1.98 bits per heavy atom. The molecule has 0 saturated carbocycles. The number of carbonyl (C=O) groups excluding carboxylic acids is 3. The number of unbranched alkanes of at least 4 members (excludes halogenated alkanes) is 3. The van der Waals surface area contributed by atoms with Gasteiger partial charge < -0.3 is 23.7 Å². The first-order valence-corrected chi connectivity index (χ1v) is 18.2. The fourth-order valence-corrected chi connectivity index (χ4v) is 6.95. The van der Waals surface area contributed by atoms with Gasteiger partial charge in [-0.15, -0.1) is 22.7 Å². The second-order valence-corrected chi connectivity index (χ2v) is 13.4. The van der Waals surface area contributed by atoms with E-state index in [1.54, 1.807) is 67.8 Å². The zero-order valence-electron chi connectivity index (χ0n) is 29.1. The van der Waals surface area contributed by atoms with Crippen molar-refractivity contribution in [3.63, 3.8) is 0 Å². The standard InChI is InChI=1S/C40H38N2O8S2/c1-6-12-30-35(25(3)4)51-37(41-30)38-42-34-31(49-39(44)26-13-17-28(46-5)18-14-26)21-22-32(36(34)52-38)50-40(45)27-15-19-29(20-16-27)47-23-10-8-9-11-24-48-33(43)7-2/h6-7,12-22H,2-3,8-11,23-24H2,1,4-5H3/b12-6-. The highest BCUT2D eigenvalue weighted by Gasteiger charge is 2.23.